The average molecular weight is 314 g/mol. The zero-order valence-corrected chi connectivity index (χ0v) is 12.6. The molecule has 104 valence electrons. The number of benzene rings is 2. The molecule has 3 rings (SSSR count). The lowest BCUT2D eigenvalue weighted by atomic mass is 10.2. The van der Waals surface area contributed by atoms with Gasteiger partial charge in [-0.05, 0) is 24.3 Å². The number of carbonyl (C=O) groups excluding carboxylic acids is 1. The van der Waals surface area contributed by atoms with Gasteiger partial charge < -0.3 is 5.32 Å². The SMILES string of the molecule is O=C(/C=C/c1sc2ccccc2c1Cl)Nc1ccccc1. The Morgan fingerprint density at radius 3 is 2.52 bits per heavy atom. The third-order valence-electron chi connectivity index (χ3n) is 2.99. The second-order valence-electron chi connectivity index (χ2n) is 4.47. The number of nitrogens with one attached hydrogen (secondary N) is 1. The van der Waals surface area contributed by atoms with Gasteiger partial charge >= 0.3 is 0 Å². The summed E-state index contributed by atoms with van der Waals surface area (Å²) in [5.74, 6) is -0.172. The summed E-state index contributed by atoms with van der Waals surface area (Å²) in [5, 5.41) is 4.52. The summed E-state index contributed by atoms with van der Waals surface area (Å²) in [6.07, 6.45) is 3.26. The number of halogens is 1. The van der Waals surface area contributed by atoms with Crippen molar-refractivity contribution < 1.29 is 4.79 Å². The Hall–Kier alpha value is -2.10. The van der Waals surface area contributed by atoms with E-state index in [2.05, 4.69) is 5.32 Å². The van der Waals surface area contributed by atoms with Crippen molar-refractivity contribution in [3.8, 4) is 0 Å². The Labute approximate surface area is 131 Å². The highest BCUT2D eigenvalue weighted by Crippen LogP contribution is 2.35. The van der Waals surface area contributed by atoms with Gasteiger partial charge in [-0.1, -0.05) is 48.0 Å². The lowest BCUT2D eigenvalue weighted by Crippen LogP contribution is -2.07. The lowest BCUT2D eigenvalue weighted by molar-refractivity contribution is -0.111. The van der Waals surface area contributed by atoms with Gasteiger partial charge in [0.25, 0.3) is 0 Å². The van der Waals surface area contributed by atoms with Gasteiger partial charge in [0.15, 0.2) is 0 Å². The van der Waals surface area contributed by atoms with E-state index in [9.17, 15) is 4.79 Å². The highest BCUT2D eigenvalue weighted by atomic mass is 35.5. The smallest absolute Gasteiger partial charge is 0.248 e. The van der Waals surface area contributed by atoms with Crippen molar-refractivity contribution in [1.82, 2.24) is 0 Å². The maximum Gasteiger partial charge on any atom is 0.248 e. The number of hydrogen-bond acceptors (Lipinski definition) is 2. The number of carbonyl (C=O) groups is 1. The molecule has 3 aromatic rings. The molecule has 0 fully saturated rings. The van der Waals surface area contributed by atoms with Gasteiger partial charge in [0.05, 0.1) is 5.02 Å². The van der Waals surface area contributed by atoms with Crippen LogP contribution in [0.4, 0.5) is 5.69 Å². The highest BCUT2D eigenvalue weighted by molar-refractivity contribution is 7.20. The van der Waals surface area contributed by atoms with Gasteiger partial charge in [-0.15, -0.1) is 11.3 Å². The molecule has 0 unspecified atom stereocenters. The van der Waals surface area contributed by atoms with Crippen molar-refractivity contribution in [3.63, 3.8) is 0 Å². The fourth-order valence-electron chi connectivity index (χ4n) is 2.00. The van der Waals surface area contributed by atoms with Crippen LogP contribution in [0, 0.1) is 0 Å². The van der Waals surface area contributed by atoms with Gasteiger partial charge in [-0.2, -0.15) is 0 Å². The number of amides is 1. The quantitative estimate of drug-likeness (QED) is 0.661. The zero-order valence-electron chi connectivity index (χ0n) is 11.0. The van der Waals surface area contributed by atoms with Gasteiger partial charge in [-0.3, -0.25) is 4.79 Å². The Bertz CT molecular complexity index is 808. The monoisotopic (exact) mass is 313 g/mol. The molecule has 21 heavy (non-hydrogen) atoms. The maximum atomic E-state index is 11.9. The maximum absolute atomic E-state index is 11.9. The Morgan fingerprint density at radius 2 is 1.76 bits per heavy atom. The van der Waals surface area contributed by atoms with E-state index in [0.29, 0.717) is 5.02 Å². The first-order valence-electron chi connectivity index (χ1n) is 6.45. The Balaban J connectivity index is 1.78. The number of thiophene rings is 1. The van der Waals surface area contributed by atoms with Crippen molar-refractivity contribution >= 4 is 50.7 Å². The molecule has 0 aliphatic rings. The predicted octanol–water partition coefficient (Wildman–Crippen LogP) is 5.21. The molecule has 0 bridgehead atoms. The van der Waals surface area contributed by atoms with Crippen LogP contribution >= 0.6 is 22.9 Å². The minimum Gasteiger partial charge on any atom is -0.323 e. The van der Waals surface area contributed by atoms with Crippen LogP contribution in [0.25, 0.3) is 16.2 Å². The van der Waals surface area contributed by atoms with E-state index in [0.717, 1.165) is 20.7 Å². The molecule has 1 aromatic heterocycles. The number of anilines is 1. The zero-order chi connectivity index (χ0) is 14.7. The number of fused-ring (bicyclic) bond motifs is 1. The largest absolute Gasteiger partial charge is 0.323 e. The van der Waals surface area contributed by atoms with Gasteiger partial charge in [0.1, 0.15) is 0 Å². The first kappa shape index (κ1) is 13.9. The molecular weight excluding hydrogens is 302 g/mol. The van der Waals surface area contributed by atoms with Crippen LogP contribution in [-0.2, 0) is 4.79 Å². The van der Waals surface area contributed by atoms with E-state index in [1.807, 2.05) is 54.6 Å². The molecule has 1 N–H and O–H groups in total. The molecule has 0 atom stereocenters. The van der Waals surface area contributed by atoms with E-state index in [1.54, 1.807) is 17.4 Å². The first-order valence-corrected chi connectivity index (χ1v) is 7.64. The summed E-state index contributed by atoms with van der Waals surface area (Å²) in [7, 11) is 0. The van der Waals surface area contributed by atoms with E-state index >= 15 is 0 Å². The van der Waals surface area contributed by atoms with Crippen LogP contribution < -0.4 is 5.32 Å². The summed E-state index contributed by atoms with van der Waals surface area (Å²) in [6.45, 7) is 0. The topological polar surface area (TPSA) is 29.1 Å². The van der Waals surface area contributed by atoms with E-state index in [-0.39, 0.29) is 5.91 Å². The molecule has 0 saturated heterocycles. The number of rotatable bonds is 3. The second kappa shape index (κ2) is 6.12. The van der Waals surface area contributed by atoms with Crippen molar-refractivity contribution in [2.75, 3.05) is 5.32 Å². The van der Waals surface area contributed by atoms with Crippen molar-refractivity contribution in [2.45, 2.75) is 0 Å². The first-order chi connectivity index (χ1) is 10.2. The van der Waals surface area contributed by atoms with Crippen LogP contribution in [0.15, 0.2) is 60.7 Å². The van der Waals surface area contributed by atoms with Gasteiger partial charge in [0, 0.05) is 26.7 Å². The molecule has 0 aliphatic carbocycles. The Morgan fingerprint density at radius 1 is 1.05 bits per heavy atom. The molecule has 0 spiro atoms. The van der Waals surface area contributed by atoms with E-state index in [4.69, 9.17) is 11.6 Å². The summed E-state index contributed by atoms with van der Waals surface area (Å²) < 4.78 is 1.12. The molecule has 2 nitrogen and oxygen atoms in total. The summed E-state index contributed by atoms with van der Waals surface area (Å²) in [6, 6.07) is 17.3. The van der Waals surface area contributed by atoms with Crippen LogP contribution in [0.2, 0.25) is 5.02 Å². The predicted molar refractivity (Wildman–Crippen MR) is 90.9 cm³/mol. The molecule has 4 heteroatoms. The number of para-hydroxylation sites is 1. The normalized spacial score (nSPS) is 11.1. The van der Waals surface area contributed by atoms with Crippen molar-refractivity contribution in [1.29, 1.82) is 0 Å². The Kier molecular flexibility index (Phi) is 4.04. The van der Waals surface area contributed by atoms with Crippen LogP contribution in [0.5, 0.6) is 0 Å². The lowest BCUT2D eigenvalue weighted by Gasteiger charge is -2.00. The molecule has 1 heterocycles. The summed E-state index contributed by atoms with van der Waals surface area (Å²) >= 11 is 7.90. The minimum absolute atomic E-state index is 0.172. The molecule has 0 saturated carbocycles. The minimum atomic E-state index is -0.172. The molecule has 0 radical (unpaired) electrons. The molecule has 1 amide bonds. The standard InChI is InChI=1S/C17H12ClNOS/c18-17-13-8-4-5-9-14(13)21-15(17)10-11-16(20)19-12-6-2-1-3-7-12/h1-11H,(H,19,20)/b11-10+. The third-order valence-corrected chi connectivity index (χ3v) is 4.64. The fraction of sp³-hybridized carbons (Fsp3) is 0. The van der Waals surface area contributed by atoms with Crippen LogP contribution in [-0.4, -0.2) is 5.91 Å². The average Bonchev–Trinajstić information content (AvgIpc) is 2.83. The second-order valence-corrected chi connectivity index (χ2v) is 5.93. The van der Waals surface area contributed by atoms with Crippen LogP contribution in [0.3, 0.4) is 0 Å². The number of hydrogen-bond donors (Lipinski definition) is 1. The van der Waals surface area contributed by atoms with Gasteiger partial charge in [0.2, 0.25) is 5.91 Å². The van der Waals surface area contributed by atoms with Crippen LogP contribution in [0.1, 0.15) is 4.88 Å². The van der Waals surface area contributed by atoms with Crippen molar-refractivity contribution in [2.24, 2.45) is 0 Å². The van der Waals surface area contributed by atoms with Gasteiger partial charge in [-0.25, -0.2) is 0 Å². The fourth-order valence-corrected chi connectivity index (χ4v) is 3.40. The summed E-state index contributed by atoms with van der Waals surface area (Å²) in [4.78, 5) is 12.8. The summed E-state index contributed by atoms with van der Waals surface area (Å²) in [5.41, 5.74) is 0.773. The van der Waals surface area contributed by atoms with Crippen molar-refractivity contribution in [3.05, 3.63) is 70.6 Å². The molecule has 0 aliphatic heterocycles. The van der Waals surface area contributed by atoms with E-state index < -0.39 is 0 Å². The third kappa shape index (κ3) is 3.15. The molecule has 2 aromatic carbocycles. The van der Waals surface area contributed by atoms with E-state index in [1.165, 1.54) is 6.08 Å². The molecular formula is C17H12ClNOS. The highest BCUT2D eigenvalue weighted by Gasteiger charge is 2.07.